The van der Waals surface area contributed by atoms with Gasteiger partial charge in [0.25, 0.3) is 5.91 Å². The number of carbonyl (C=O) groups excluding carboxylic acids is 2. The van der Waals surface area contributed by atoms with E-state index in [-0.39, 0.29) is 11.8 Å². The standard InChI is InChI=1S/C16H23N3O2/c1-3-15(20)18-7-4-8-19(10-9-18)16(21)13-5-6-14(17)12(2)11-13/h5-6,11H,3-4,7-10,17H2,1-2H3. The van der Waals surface area contributed by atoms with Gasteiger partial charge in [0, 0.05) is 43.9 Å². The van der Waals surface area contributed by atoms with Crippen molar-refractivity contribution < 1.29 is 9.59 Å². The van der Waals surface area contributed by atoms with Crippen LogP contribution in [0.2, 0.25) is 0 Å². The third-order valence-corrected chi connectivity index (χ3v) is 3.96. The summed E-state index contributed by atoms with van der Waals surface area (Å²) in [5.74, 6) is 0.177. The van der Waals surface area contributed by atoms with Crippen LogP contribution in [-0.2, 0) is 4.79 Å². The molecule has 21 heavy (non-hydrogen) atoms. The van der Waals surface area contributed by atoms with Crippen molar-refractivity contribution in [2.45, 2.75) is 26.7 Å². The second-order valence-electron chi connectivity index (χ2n) is 5.45. The topological polar surface area (TPSA) is 66.6 Å². The van der Waals surface area contributed by atoms with Gasteiger partial charge in [0.1, 0.15) is 0 Å². The Hall–Kier alpha value is -2.04. The van der Waals surface area contributed by atoms with Crippen LogP contribution in [0, 0.1) is 6.92 Å². The average Bonchev–Trinajstić information content (AvgIpc) is 2.74. The summed E-state index contributed by atoms with van der Waals surface area (Å²) in [7, 11) is 0. The lowest BCUT2D eigenvalue weighted by Crippen LogP contribution is -2.37. The Kier molecular flexibility index (Phi) is 4.83. The lowest BCUT2D eigenvalue weighted by molar-refractivity contribution is -0.130. The Morgan fingerprint density at radius 2 is 1.81 bits per heavy atom. The molecule has 1 aliphatic rings. The quantitative estimate of drug-likeness (QED) is 0.842. The summed E-state index contributed by atoms with van der Waals surface area (Å²) in [5, 5.41) is 0. The van der Waals surface area contributed by atoms with Crippen molar-refractivity contribution in [1.82, 2.24) is 9.80 Å². The van der Waals surface area contributed by atoms with E-state index in [1.54, 1.807) is 12.1 Å². The first-order valence-electron chi connectivity index (χ1n) is 7.46. The van der Waals surface area contributed by atoms with E-state index in [0.717, 1.165) is 18.5 Å². The van der Waals surface area contributed by atoms with E-state index in [9.17, 15) is 9.59 Å². The minimum absolute atomic E-state index is 0.0175. The van der Waals surface area contributed by atoms with Crippen LogP contribution in [0.3, 0.4) is 0 Å². The van der Waals surface area contributed by atoms with E-state index in [0.29, 0.717) is 37.3 Å². The molecule has 1 heterocycles. The molecule has 1 fully saturated rings. The van der Waals surface area contributed by atoms with Crippen LogP contribution in [0.1, 0.15) is 35.7 Å². The minimum Gasteiger partial charge on any atom is -0.399 e. The first-order chi connectivity index (χ1) is 10.0. The highest BCUT2D eigenvalue weighted by atomic mass is 16.2. The number of nitrogens with zero attached hydrogens (tertiary/aromatic N) is 2. The van der Waals surface area contributed by atoms with Gasteiger partial charge < -0.3 is 15.5 Å². The molecule has 2 rings (SSSR count). The van der Waals surface area contributed by atoms with Crippen LogP contribution in [0.4, 0.5) is 5.69 Å². The summed E-state index contributed by atoms with van der Waals surface area (Å²) < 4.78 is 0. The second-order valence-corrected chi connectivity index (χ2v) is 5.45. The summed E-state index contributed by atoms with van der Waals surface area (Å²) in [6.07, 6.45) is 1.34. The van der Waals surface area contributed by atoms with Crippen LogP contribution < -0.4 is 5.73 Å². The summed E-state index contributed by atoms with van der Waals surface area (Å²) in [6.45, 7) is 6.40. The number of aryl methyl sites for hydroxylation is 1. The number of benzene rings is 1. The molecule has 1 aromatic carbocycles. The summed E-state index contributed by atoms with van der Waals surface area (Å²) in [6, 6.07) is 5.37. The Balaban J connectivity index is 2.06. The molecule has 1 saturated heterocycles. The largest absolute Gasteiger partial charge is 0.399 e. The second kappa shape index (κ2) is 6.61. The fraction of sp³-hybridized carbons (Fsp3) is 0.500. The number of anilines is 1. The molecule has 0 atom stereocenters. The Morgan fingerprint density at radius 3 is 2.48 bits per heavy atom. The molecule has 0 unspecified atom stereocenters. The zero-order valence-corrected chi connectivity index (χ0v) is 12.8. The van der Waals surface area contributed by atoms with Gasteiger partial charge >= 0.3 is 0 Å². The van der Waals surface area contributed by atoms with Crippen LogP contribution in [0.15, 0.2) is 18.2 Å². The van der Waals surface area contributed by atoms with Gasteiger partial charge in [-0.3, -0.25) is 9.59 Å². The molecule has 0 spiro atoms. The number of rotatable bonds is 2. The third-order valence-electron chi connectivity index (χ3n) is 3.96. The van der Waals surface area contributed by atoms with E-state index >= 15 is 0 Å². The molecule has 114 valence electrons. The fourth-order valence-corrected chi connectivity index (χ4v) is 2.58. The fourth-order valence-electron chi connectivity index (χ4n) is 2.58. The number of hydrogen-bond acceptors (Lipinski definition) is 3. The molecule has 2 amide bonds. The molecule has 0 radical (unpaired) electrons. The number of amides is 2. The van der Waals surface area contributed by atoms with Crippen LogP contribution >= 0.6 is 0 Å². The van der Waals surface area contributed by atoms with Crippen molar-refractivity contribution in [2.24, 2.45) is 0 Å². The number of hydrogen-bond donors (Lipinski definition) is 1. The molecule has 0 saturated carbocycles. The minimum atomic E-state index is 0.0175. The summed E-state index contributed by atoms with van der Waals surface area (Å²) in [4.78, 5) is 28.0. The van der Waals surface area contributed by atoms with Gasteiger partial charge in [-0.2, -0.15) is 0 Å². The van der Waals surface area contributed by atoms with Crippen LogP contribution in [0.5, 0.6) is 0 Å². The molecule has 5 nitrogen and oxygen atoms in total. The first kappa shape index (κ1) is 15.4. The van der Waals surface area contributed by atoms with Crippen molar-refractivity contribution in [3.63, 3.8) is 0 Å². The van der Waals surface area contributed by atoms with Crippen molar-refractivity contribution in [3.8, 4) is 0 Å². The molecule has 1 aromatic rings. The monoisotopic (exact) mass is 289 g/mol. The van der Waals surface area contributed by atoms with Gasteiger partial charge in [0.05, 0.1) is 0 Å². The van der Waals surface area contributed by atoms with E-state index in [2.05, 4.69) is 0 Å². The lowest BCUT2D eigenvalue weighted by Gasteiger charge is -2.22. The predicted molar refractivity (Wildman–Crippen MR) is 83.0 cm³/mol. The van der Waals surface area contributed by atoms with E-state index in [1.807, 2.05) is 29.7 Å². The molecule has 0 aliphatic carbocycles. The number of nitrogen functional groups attached to an aromatic ring is 1. The maximum Gasteiger partial charge on any atom is 0.253 e. The van der Waals surface area contributed by atoms with E-state index < -0.39 is 0 Å². The summed E-state index contributed by atoms with van der Waals surface area (Å²) in [5.41, 5.74) is 8.07. The zero-order chi connectivity index (χ0) is 15.4. The van der Waals surface area contributed by atoms with Gasteiger partial charge in [-0.15, -0.1) is 0 Å². The highest BCUT2D eigenvalue weighted by Gasteiger charge is 2.22. The SMILES string of the molecule is CCC(=O)N1CCCN(C(=O)c2ccc(N)c(C)c2)CC1. The van der Waals surface area contributed by atoms with Crippen LogP contribution in [0.25, 0.3) is 0 Å². The van der Waals surface area contributed by atoms with Crippen molar-refractivity contribution in [1.29, 1.82) is 0 Å². The summed E-state index contributed by atoms with van der Waals surface area (Å²) >= 11 is 0. The smallest absolute Gasteiger partial charge is 0.253 e. The molecule has 1 aliphatic heterocycles. The third kappa shape index (κ3) is 3.54. The predicted octanol–water partition coefficient (Wildman–Crippen LogP) is 1.66. The van der Waals surface area contributed by atoms with Gasteiger partial charge in [0.15, 0.2) is 0 Å². The molecular weight excluding hydrogens is 266 g/mol. The normalized spacial score (nSPS) is 15.7. The molecule has 0 aromatic heterocycles. The average molecular weight is 289 g/mol. The maximum atomic E-state index is 12.5. The highest BCUT2D eigenvalue weighted by molar-refractivity contribution is 5.95. The Bertz CT molecular complexity index is 542. The number of nitrogens with two attached hydrogens (primary N) is 1. The Labute approximate surface area is 125 Å². The van der Waals surface area contributed by atoms with E-state index in [4.69, 9.17) is 5.73 Å². The number of carbonyl (C=O) groups is 2. The van der Waals surface area contributed by atoms with Crippen molar-refractivity contribution >= 4 is 17.5 Å². The van der Waals surface area contributed by atoms with Crippen molar-refractivity contribution in [2.75, 3.05) is 31.9 Å². The lowest BCUT2D eigenvalue weighted by atomic mass is 10.1. The molecule has 0 bridgehead atoms. The van der Waals surface area contributed by atoms with Gasteiger partial charge in [0.2, 0.25) is 5.91 Å². The van der Waals surface area contributed by atoms with E-state index in [1.165, 1.54) is 0 Å². The zero-order valence-electron chi connectivity index (χ0n) is 12.8. The molecule has 5 heteroatoms. The van der Waals surface area contributed by atoms with Crippen LogP contribution in [-0.4, -0.2) is 47.8 Å². The Morgan fingerprint density at radius 1 is 1.14 bits per heavy atom. The van der Waals surface area contributed by atoms with Gasteiger partial charge in [-0.1, -0.05) is 6.92 Å². The van der Waals surface area contributed by atoms with Gasteiger partial charge in [-0.05, 0) is 37.1 Å². The molecular formula is C16H23N3O2. The molecule has 2 N–H and O–H groups in total. The van der Waals surface area contributed by atoms with Crippen molar-refractivity contribution in [3.05, 3.63) is 29.3 Å². The maximum absolute atomic E-state index is 12.5. The highest BCUT2D eigenvalue weighted by Crippen LogP contribution is 2.15. The van der Waals surface area contributed by atoms with Gasteiger partial charge in [-0.25, -0.2) is 0 Å². The first-order valence-corrected chi connectivity index (χ1v) is 7.46.